The molecule has 1 aliphatic heterocycles. The summed E-state index contributed by atoms with van der Waals surface area (Å²) in [6.45, 7) is 5.10. The van der Waals surface area contributed by atoms with E-state index in [0.29, 0.717) is 19.5 Å². The van der Waals surface area contributed by atoms with Gasteiger partial charge < -0.3 is 10.6 Å². The fourth-order valence-electron chi connectivity index (χ4n) is 2.40. The van der Waals surface area contributed by atoms with Crippen LogP contribution in [-0.4, -0.2) is 29.9 Å². The average Bonchev–Trinajstić information content (AvgIpc) is 2.36. The lowest BCUT2D eigenvalue weighted by Gasteiger charge is -2.42. The number of benzene rings is 1. The number of nitrogens with two attached hydrogens (primary N) is 1. The quantitative estimate of drug-likeness (QED) is 0.807. The smallest absolute Gasteiger partial charge is 0.255 e. The maximum absolute atomic E-state index is 13.5. The minimum absolute atomic E-state index is 0.0453. The highest BCUT2D eigenvalue weighted by Gasteiger charge is 2.36. The lowest BCUT2D eigenvalue weighted by Crippen LogP contribution is -2.54. The molecular formula is C14H17Cl2FN2O. The Morgan fingerprint density at radius 1 is 1.40 bits per heavy atom. The Labute approximate surface area is 127 Å². The van der Waals surface area contributed by atoms with Gasteiger partial charge in [0.15, 0.2) is 0 Å². The molecule has 1 aromatic rings. The van der Waals surface area contributed by atoms with Crippen LogP contribution in [0, 0.1) is 11.2 Å². The first kappa shape index (κ1) is 15.5. The first-order valence-corrected chi connectivity index (χ1v) is 7.17. The van der Waals surface area contributed by atoms with Gasteiger partial charge in [0.25, 0.3) is 5.91 Å². The van der Waals surface area contributed by atoms with E-state index in [2.05, 4.69) is 0 Å². The lowest BCUT2D eigenvalue weighted by atomic mass is 9.79. The first-order valence-electron chi connectivity index (χ1n) is 6.42. The van der Waals surface area contributed by atoms with Crippen molar-refractivity contribution in [3.05, 3.63) is 33.6 Å². The summed E-state index contributed by atoms with van der Waals surface area (Å²) in [5, 5.41) is 0.0709. The molecule has 1 saturated heterocycles. The summed E-state index contributed by atoms with van der Waals surface area (Å²) in [5.41, 5.74) is 6.01. The third-order valence-corrected chi connectivity index (χ3v) is 4.44. The van der Waals surface area contributed by atoms with E-state index < -0.39 is 5.82 Å². The number of piperidine rings is 1. The monoisotopic (exact) mass is 318 g/mol. The number of rotatable bonds is 1. The van der Waals surface area contributed by atoms with Gasteiger partial charge in [0.05, 0.1) is 15.6 Å². The van der Waals surface area contributed by atoms with E-state index in [0.717, 1.165) is 6.07 Å². The number of halogens is 3. The van der Waals surface area contributed by atoms with Crippen LogP contribution in [-0.2, 0) is 0 Å². The maximum Gasteiger partial charge on any atom is 0.255 e. The Kier molecular flexibility index (Phi) is 4.28. The van der Waals surface area contributed by atoms with Gasteiger partial charge in [-0.1, -0.05) is 37.0 Å². The molecule has 1 heterocycles. The summed E-state index contributed by atoms with van der Waals surface area (Å²) in [6.07, 6.45) is 0.715. The molecular weight excluding hydrogens is 302 g/mol. The van der Waals surface area contributed by atoms with E-state index in [1.165, 1.54) is 6.07 Å². The Morgan fingerprint density at radius 3 is 2.65 bits per heavy atom. The number of carbonyl (C=O) groups excluding carboxylic acids is 1. The van der Waals surface area contributed by atoms with E-state index in [-0.39, 0.29) is 33.0 Å². The van der Waals surface area contributed by atoms with E-state index in [1.807, 2.05) is 13.8 Å². The van der Waals surface area contributed by atoms with E-state index >= 15 is 0 Å². The van der Waals surface area contributed by atoms with Crippen LogP contribution in [0.15, 0.2) is 12.1 Å². The van der Waals surface area contributed by atoms with Gasteiger partial charge in [0, 0.05) is 19.1 Å². The Balaban J connectivity index is 2.26. The van der Waals surface area contributed by atoms with Crippen LogP contribution in [0.25, 0.3) is 0 Å². The van der Waals surface area contributed by atoms with Crippen molar-refractivity contribution in [2.45, 2.75) is 26.3 Å². The molecule has 1 fully saturated rings. The number of nitrogens with zero attached hydrogens (tertiary/aromatic N) is 1. The average molecular weight is 319 g/mol. The molecule has 1 amide bonds. The molecule has 0 spiro atoms. The van der Waals surface area contributed by atoms with Crippen LogP contribution < -0.4 is 5.73 Å². The Hall–Kier alpha value is -0.840. The third-order valence-electron chi connectivity index (χ3n) is 3.84. The molecule has 2 rings (SSSR count). The van der Waals surface area contributed by atoms with Crippen molar-refractivity contribution in [3.63, 3.8) is 0 Å². The van der Waals surface area contributed by atoms with Gasteiger partial charge in [-0.05, 0) is 24.0 Å². The van der Waals surface area contributed by atoms with Crippen LogP contribution >= 0.6 is 23.2 Å². The molecule has 1 unspecified atom stereocenters. The zero-order chi connectivity index (χ0) is 15.1. The summed E-state index contributed by atoms with van der Waals surface area (Å²) in [4.78, 5) is 14.1. The maximum atomic E-state index is 13.5. The summed E-state index contributed by atoms with van der Waals surface area (Å²) in [7, 11) is 0. The van der Waals surface area contributed by atoms with Gasteiger partial charge in [-0.3, -0.25) is 4.79 Å². The first-order chi connectivity index (χ1) is 9.22. The number of hydrogen-bond acceptors (Lipinski definition) is 2. The lowest BCUT2D eigenvalue weighted by molar-refractivity contribution is 0.0532. The van der Waals surface area contributed by atoms with Gasteiger partial charge in [-0.2, -0.15) is 0 Å². The summed E-state index contributed by atoms with van der Waals surface area (Å²) >= 11 is 11.6. The SMILES string of the molecule is CC1(C)CN(C(=O)c2cc(F)c(Cl)cc2Cl)CCC1N. The van der Waals surface area contributed by atoms with Crippen LogP contribution in [0.5, 0.6) is 0 Å². The van der Waals surface area contributed by atoms with Gasteiger partial charge in [0.2, 0.25) is 0 Å². The van der Waals surface area contributed by atoms with Crippen LogP contribution in [0.2, 0.25) is 10.0 Å². The minimum Gasteiger partial charge on any atom is -0.338 e. The van der Waals surface area contributed by atoms with Crippen LogP contribution in [0.1, 0.15) is 30.6 Å². The second-order valence-corrected chi connectivity index (χ2v) is 6.67. The van der Waals surface area contributed by atoms with Crippen molar-refractivity contribution >= 4 is 29.1 Å². The number of likely N-dealkylation sites (tertiary alicyclic amines) is 1. The number of hydrogen-bond donors (Lipinski definition) is 1. The molecule has 6 heteroatoms. The molecule has 1 atom stereocenters. The largest absolute Gasteiger partial charge is 0.338 e. The highest BCUT2D eigenvalue weighted by Crippen LogP contribution is 2.31. The molecule has 0 saturated carbocycles. The van der Waals surface area contributed by atoms with Crippen LogP contribution in [0.4, 0.5) is 4.39 Å². The minimum atomic E-state index is -0.646. The Morgan fingerprint density at radius 2 is 2.05 bits per heavy atom. The molecule has 20 heavy (non-hydrogen) atoms. The highest BCUT2D eigenvalue weighted by atomic mass is 35.5. The van der Waals surface area contributed by atoms with Gasteiger partial charge in [-0.25, -0.2) is 4.39 Å². The summed E-state index contributed by atoms with van der Waals surface area (Å²) < 4.78 is 13.5. The molecule has 0 aromatic heterocycles. The van der Waals surface area contributed by atoms with Gasteiger partial charge in [-0.15, -0.1) is 0 Å². The van der Waals surface area contributed by atoms with Gasteiger partial charge in [0.1, 0.15) is 5.82 Å². The molecule has 0 radical (unpaired) electrons. The highest BCUT2D eigenvalue weighted by molar-refractivity contribution is 6.36. The molecule has 2 N–H and O–H groups in total. The molecule has 3 nitrogen and oxygen atoms in total. The van der Waals surface area contributed by atoms with E-state index in [4.69, 9.17) is 28.9 Å². The topological polar surface area (TPSA) is 46.3 Å². The zero-order valence-corrected chi connectivity index (χ0v) is 12.9. The molecule has 0 aliphatic carbocycles. The fourth-order valence-corrected chi connectivity index (χ4v) is 2.87. The van der Waals surface area contributed by atoms with Crippen molar-refractivity contribution < 1.29 is 9.18 Å². The zero-order valence-electron chi connectivity index (χ0n) is 11.4. The summed E-state index contributed by atoms with van der Waals surface area (Å²) in [5.74, 6) is -0.932. The van der Waals surface area contributed by atoms with Crippen molar-refractivity contribution in [3.8, 4) is 0 Å². The normalized spacial score (nSPS) is 21.9. The van der Waals surface area contributed by atoms with Crippen molar-refractivity contribution in [1.29, 1.82) is 0 Å². The van der Waals surface area contributed by atoms with Gasteiger partial charge >= 0.3 is 0 Å². The van der Waals surface area contributed by atoms with Crippen molar-refractivity contribution in [1.82, 2.24) is 4.90 Å². The molecule has 0 bridgehead atoms. The third kappa shape index (κ3) is 2.92. The van der Waals surface area contributed by atoms with E-state index in [1.54, 1.807) is 4.90 Å². The summed E-state index contributed by atoms with van der Waals surface area (Å²) in [6, 6.07) is 2.39. The fraction of sp³-hybridized carbons (Fsp3) is 0.500. The molecule has 1 aliphatic rings. The standard InChI is InChI=1S/C14H17Cl2FN2O/c1-14(2)7-19(4-3-12(14)18)13(20)8-5-11(17)10(16)6-9(8)15/h5-6,12H,3-4,7,18H2,1-2H3. The second kappa shape index (κ2) is 5.51. The predicted octanol–water partition coefficient (Wildman–Crippen LogP) is 3.33. The van der Waals surface area contributed by atoms with Crippen molar-refractivity contribution in [2.75, 3.05) is 13.1 Å². The van der Waals surface area contributed by atoms with Crippen LogP contribution in [0.3, 0.4) is 0 Å². The Bertz CT molecular complexity index is 548. The molecule has 110 valence electrons. The van der Waals surface area contributed by atoms with E-state index in [9.17, 15) is 9.18 Å². The van der Waals surface area contributed by atoms with Crippen molar-refractivity contribution in [2.24, 2.45) is 11.1 Å². The number of amides is 1. The number of carbonyl (C=O) groups is 1. The second-order valence-electron chi connectivity index (χ2n) is 5.86. The molecule has 1 aromatic carbocycles. The predicted molar refractivity (Wildman–Crippen MR) is 78.7 cm³/mol.